The van der Waals surface area contributed by atoms with Crippen molar-refractivity contribution in [2.45, 2.75) is 25.9 Å². The third-order valence-corrected chi connectivity index (χ3v) is 5.36. The first-order chi connectivity index (χ1) is 14.5. The lowest BCUT2D eigenvalue weighted by Gasteiger charge is -2.27. The van der Waals surface area contributed by atoms with Crippen molar-refractivity contribution in [1.82, 2.24) is 15.3 Å². The minimum Gasteiger partial charge on any atom is -0.495 e. The molecule has 1 aliphatic heterocycles. The van der Waals surface area contributed by atoms with E-state index >= 15 is 0 Å². The molecule has 4 rings (SSSR count). The van der Waals surface area contributed by atoms with Gasteiger partial charge in [0.2, 0.25) is 5.91 Å². The monoisotopic (exact) mass is 421 g/mol. The van der Waals surface area contributed by atoms with E-state index in [1.54, 1.807) is 13.3 Å². The average molecular weight is 422 g/mol. The Morgan fingerprint density at radius 3 is 2.70 bits per heavy atom. The van der Waals surface area contributed by atoms with Crippen LogP contribution in [0.3, 0.4) is 0 Å². The molecule has 154 valence electrons. The normalized spacial score (nSPS) is 18.2. The molecule has 0 aliphatic carbocycles. The lowest BCUT2D eigenvalue weighted by atomic mass is 10.0. The van der Waals surface area contributed by atoms with Gasteiger partial charge >= 0.3 is 0 Å². The number of hydrogen-bond donors (Lipinski definition) is 3. The van der Waals surface area contributed by atoms with Gasteiger partial charge in [0.1, 0.15) is 11.8 Å². The van der Waals surface area contributed by atoms with Gasteiger partial charge in [-0.25, -0.2) is 0 Å². The molecule has 1 aromatic carbocycles. The molecule has 3 N–H and O–H groups in total. The Kier molecular flexibility index (Phi) is 5.41. The molecule has 0 spiro atoms. The predicted octanol–water partition coefficient (Wildman–Crippen LogP) is 3.86. The summed E-state index contributed by atoms with van der Waals surface area (Å²) in [6.07, 6.45) is 1.78. The number of methoxy groups -OCH3 is 1. The van der Waals surface area contributed by atoms with E-state index < -0.39 is 0 Å². The van der Waals surface area contributed by atoms with Crippen LogP contribution in [0.15, 0.2) is 54.7 Å². The maximum atomic E-state index is 11.7. The zero-order valence-corrected chi connectivity index (χ0v) is 17.8. The van der Waals surface area contributed by atoms with Crippen LogP contribution in [0.2, 0.25) is 0 Å². The number of ether oxygens (including phenoxy) is 1. The highest BCUT2D eigenvalue weighted by Crippen LogP contribution is 2.42. The van der Waals surface area contributed by atoms with E-state index in [1.165, 1.54) is 6.92 Å². The van der Waals surface area contributed by atoms with Crippen molar-refractivity contribution in [3.8, 4) is 5.75 Å². The van der Waals surface area contributed by atoms with Gasteiger partial charge in [-0.15, -0.1) is 0 Å². The van der Waals surface area contributed by atoms with E-state index in [0.29, 0.717) is 16.5 Å². The summed E-state index contributed by atoms with van der Waals surface area (Å²) in [5.41, 5.74) is 4.42. The summed E-state index contributed by atoms with van der Waals surface area (Å²) in [5, 5.41) is 6.84. The van der Waals surface area contributed by atoms with Crippen LogP contribution >= 0.6 is 12.2 Å². The van der Waals surface area contributed by atoms with Crippen molar-refractivity contribution in [3.05, 3.63) is 71.8 Å². The molecular weight excluding hydrogens is 398 g/mol. The summed E-state index contributed by atoms with van der Waals surface area (Å²) in [5.74, 6) is 0.413. The maximum absolute atomic E-state index is 11.7. The Morgan fingerprint density at radius 1 is 1.23 bits per heavy atom. The molecule has 8 heteroatoms. The number of rotatable bonds is 5. The number of nitrogens with one attached hydrogen (secondary N) is 3. The number of amides is 1. The Labute approximate surface area is 180 Å². The van der Waals surface area contributed by atoms with Crippen LogP contribution in [0.1, 0.15) is 36.1 Å². The number of carbonyl (C=O) groups is 1. The molecule has 7 nitrogen and oxygen atoms in total. The number of anilines is 2. The van der Waals surface area contributed by atoms with E-state index in [-0.39, 0.29) is 18.0 Å². The second-order valence-electron chi connectivity index (χ2n) is 7.16. The molecule has 3 aromatic rings. The lowest BCUT2D eigenvalue weighted by molar-refractivity contribution is -0.114. The van der Waals surface area contributed by atoms with Crippen LogP contribution in [0.5, 0.6) is 5.75 Å². The number of aromatic amines is 1. The molecule has 1 amide bonds. The fourth-order valence-electron chi connectivity index (χ4n) is 3.78. The maximum Gasteiger partial charge on any atom is 0.221 e. The second-order valence-corrected chi connectivity index (χ2v) is 7.55. The number of aryl methyl sites for hydroxylation is 1. The Morgan fingerprint density at radius 2 is 2.07 bits per heavy atom. The van der Waals surface area contributed by atoms with Crippen molar-refractivity contribution in [2.75, 3.05) is 17.3 Å². The molecule has 30 heavy (non-hydrogen) atoms. The van der Waals surface area contributed by atoms with Gasteiger partial charge in [-0.2, -0.15) is 0 Å². The molecule has 1 saturated heterocycles. The highest BCUT2D eigenvalue weighted by molar-refractivity contribution is 7.80. The molecule has 0 bridgehead atoms. The van der Waals surface area contributed by atoms with Gasteiger partial charge in [-0.05, 0) is 61.6 Å². The zero-order valence-electron chi connectivity index (χ0n) is 17.0. The SMILES string of the molecule is COc1ccc(N2C(=S)N[C@H](c3ccccn3)[C@H]2c2ccc(C)[nH]2)cc1NC(C)=O. The van der Waals surface area contributed by atoms with Gasteiger partial charge in [-0.3, -0.25) is 9.78 Å². The zero-order chi connectivity index (χ0) is 21.3. The second kappa shape index (κ2) is 8.16. The number of nitrogens with zero attached hydrogens (tertiary/aromatic N) is 2. The van der Waals surface area contributed by atoms with Gasteiger partial charge < -0.3 is 25.3 Å². The summed E-state index contributed by atoms with van der Waals surface area (Å²) in [7, 11) is 1.57. The van der Waals surface area contributed by atoms with Crippen LogP contribution in [-0.4, -0.2) is 28.1 Å². The van der Waals surface area contributed by atoms with Gasteiger partial charge in [0.05, 0.1) is 24.5 Å². The van der Waals surface area contributed by atoms with E-state index in [4.69, 9.17) is 17.0 Å². The summed E-state index contributed by atoms with van der Waals surface area (Å²) in [6.45, 7) is 3.49. The molecule has 2 aromatic heterocycles. The first-order valence-corrected chi connectivity index (χ1v) is 10.0. The van der Waals surface area contributed by atoms with Crippen molar-refractivity contribution in [3.63, 3.8) is 0 Å². The Bertz CT molecular complexity index is 1080. The van der Waals surface area contributed by atoms with E-state index in [2.05, 4.69) is 26.7 Å². The largest absolute Gasteiger partial charge is 0.495 e. The summed E-state index contributed by atoms with van der Waals surface area (Å²) < 4.78 is 5.40. The first-order valence-electron chi connectivity index (χ1n) is 9.59. The molecule has 1 fully saturated rings. The molecule has 2 atom stereocenters. The van der Waals surface area contributed by atoms with Crippen LogP contribution in [0, 0.1) is 6.92 Å². The smallest absolute Gasteiger partial charge is 0.221 e. The molecule has 3 heterocycles. The highest BCUT2D eigenvalue weighted by Gasteiger charge is 2.41. The van der Waals surface area contributed by atoms with Crippen molar-refractivity contribution in [2.24, 2.45) is 0 Å². The standard InChI is InChI=1S/C22H23N5O2S/c1-13-7-9-17(24-13)21-20(16-6-4-5-11-23-16)26-22(30)27(21)15-8-10-19(29-3)18(12-15)25-14(2)28/h4-12,20-21,24H,1-3H3,(H,25,28)(H,26,30)/t20-,21-/m1/s1. The number of aromatic nitrogens is 2. The van der Waals surface area contributed by atoms with Gasteiger partial charge in [0.25, 0.3) is 0 Å². The summed E-state index contributed by atoms with van der Waals surface area (Å²) in [6, 6.07) is 15.3. The topological polar surface area (TPSA) is 82.3 Å². The predicted molar refractivity (Wildman–Crippen MR) is 121 cm³/mol. The number of thiocarbonyl (C=S) groups is 1. The summed E-state index contributed by atoms with van der Waals surface area (Å²) in [4.78, 5) is 21.7. The minimum absolute atomic E-state index is 0.136. The van der Waals surface area contributed by atoms with Crippen LogP contribution in [-0.2, 0) is 4.79 Å². The number of pyridine rings is 1. The Balaban J connectivity index is 1.81. The molecule has 0 unspecified atom stereocenters. The third-order valence-electron chi connectivity index (χ3n) is 5.04. The highest BCUT2D eigenvalue weighted by atomic mass is 32.1. The minimum atomic E-state index is -0.171. The number of H-pyrrole nitrogens is 1. The van der Waals surface area contributed by atoms with Crippen molar-refractivity contribution in [1.29, 1.82) is 0 Å². The molecular formula is C22H23N5O2S. The molecule has 1 aliphatic rings. The first kappa shape index (κ1) is 19.9. The molecule has 0 saturated carbocycles. The van der Waals surface area contributed by atoms with Crippen molar-refractivity contribution >= 4 is 34.6 Å². The van der Waals surface area contributed by atoms with Gasteiger partial charge in [0, 0.05) is 30.2 Å². The van der Waals surface area contributed by atoms with Crippen LogP contribution < -0.4 is 20.3 Å². The van der Waals surface area contributed by atoms with E-state index in [0.717, 1.165) is 22.8 Å². The summed E-state index contributed by atoms with van der Waals surface area (Å²) >= 11 is 5.73. The van der Waals surface area contributed by atoms with E-state index in [9.17, 15) is 4.79 Å². The van der Waals surface area contributed by atoms with E-state index in [1.807, 2.05) is 54.3 Å². The van der Waals surface area contributed by atoms with Crippen LogP contribution in [0.25, 0.3) is 0 Å². The number of carbonyl (C=O) groups excluding carboxylic acids is 1. The third kappa shape index (κ3) is 3.73. The average Bonchev–Trinajstić information content (AvgIpc) is 3.31. The fraction of sp³-hybridized carbons (Fsp3) is 0.227. The van der Waals surface area contributed by atoms with Crippen LogP contribution in [0.4, 0.5) is 11.4 Å². The quantitative estimate of drug-likeness (QED) is 0.543. The fourth-order valence-corrected chi connectivity index (χ4v) is 4.13. The number of benzene rings is 1. The number of hydrogen-bond acceptors (Lipinski definition) is 4. The lowest BCUT2D eigenvalue weighted by Crippen LogP contribution is -2.29. The van der Waals surface area contributed by atoms with Gasteiger partial charge in [0.15, 0.2) is 5.11 Å². The van der Waals surface area contributed by atoms with Gasteiger partial charge in [-0.1, -0.05) is 6.07 Å². The Hall–Kier alpha value is -3.39. The molecule has 0 radical (unpaired) electrons. The van der Waals surface area contributed by atoms with Crippen molar-refractivity contribution < 1.29 is 9.53 Å².